The first-order chi connectivity index (χ1) is 6.33. The third-order valence-electron chi connectivity index (χ3n) is 2.81. The van der Waals surface area contributed by atoms with Crippen LogP contribution in [0.15, 0.2) is 0 Å². The first kappa shape index (κ1) is 10.7. The standard InChI is InChI=1S/C11H21NO/c1-2-12-9-5-3-7-11(13)8-4-6-10-12/h2-10H2,1H3. The number of Topliss-reactive ketones (excluding diaryl/α,β-unsaturated/α-hetero) is 1. The van der Waals surface area contributed by atoms with Crippen LogP contribution in [0.1, 0.15) is 45.4 Å². The van der Waals surface area contributed by atoms with Crippen molar-refractivity contribution in [3.8, 4) is 0 Å². The van der Waals surface area contributed by atoms with Gasteiger partial charge in [-0.2, -0.15) is 0 Å². The van der Waals surface area contributed by atoms with Gasteiger partial charge >= 0.3 is 0 Å². The molecule has 0 amide bonds. The predicted molar refractivity (Wildman–Crippen MR) is 54.8 cm³/mol. The lowest BCUT2D eigenvalue weighted by Gasteiger charge is -2.21. The van der Waals surface area contributed by atoms with Crippen LogP contribution in [0.3, 0.4) is 0 Å². The van der Waals surface area contributed by atoms with Crippen LogP contribution in [0.25, 0.3) is 0 Å². The van der Waals surface area contributed by atoms with Crippen LogP contribution < -0.4 is 0 Å². The van der Waals surface area contributed by atoms with Crippen LogP contribution >= 0.6 is 0 Å². The minimum Gasteiger partial charge on any atom is -0.304 e. The van der Waals surface area contributed by atoms with E-state index in [9.17, 15) is 4.79 Å². The zero-order valence-corrected chi connectivity index (χ0v) is 8.72. The van der Waals surface area contributed by atoms with Gasteiger partial charge in [0.05, 0.1) is 0 Å². The number of nitrogens with zero attached hydrogens (tertiary/aromatic N) is 1. The first-order valence-electron chi connectivity index (χ1n) is 5.57. The van der Waals surface area contributed by atoms with Crippen molar-refractivity contribution < 1.29 is 4.79 Å². The fourth-order valence-corrected chi connectivity index (χ4v) is 1.87. The summed E-state index contributed by atoms with van der Waals surface area (Å²) in [6.45, 7) is 5.75. The van der Waals surface area contributed by atoms with Gasteiger partial charge < -0.3 is 4.90 Å². The number of carbonyl (C=O) groups excluding carboxylic acids is 1. The summed E-state index contributed by atoms with van der Waals surface area (Å²) < 4.78 is 0. The van der Waals surface area contributed by atoms with Gasteiger partial charge in [0.15, 0.2) is 0 Å². The lowest BCUT2D eigenvalue weighted by Crippen LogP contribution is -2.26. The van der Waals surface area contributed by atoms with Crippen molar-refractivity contribution in [3.63, 3.8) is 0 Å². The van der Waals surface area contributed by atoms with Crippen LogP contribution in [-0.4, -0.2) is 30.3 Å². The molecule has 0 bridgehead atoms. The van der Waals surface area contributed by atoms with E-state index in [4.69, 9.17) is 0 Å². The van der Waals surface area contributed by atoms with Crippen molar-refractivity contribution in [2.45, 2.75) is 45.4 Å². The predicted octanol–water partition coefficient (Wildman–Crippen LogP) is 2.23. The van der Waals surface area contributed by atoms with Gasteiger partial charge in [-0.15, -0.1) is 0 Å². The SMILES string of the molecule is CCN1CCCCC(=O)CCCC1. The van der Waals surface area contributed by atoms with Crippen molar-refractivity contribution in [1.82, 2.24) is 4.90 Å². The van der Waals surface area contributed by atoms with Crippen LogP contribution in [0.2, 0.25) is 0 Å². The Morgan fingerprint density at radius 1 is 1.08 bits per heavy atom. The maximum Gasteiger partial charge on any atom is 0.132 e. The third-order valence-corrected chi connectivity index (χ3v) is 2.81. The number of hydrogen-bond acceptors (Lipinski definition) is 2. The molecule has 0 aromatic carbocycles. The number of hydrogen-bond donors (Lipinski definition) is 0. The molecule has 0 saturated carbocycles. The lowest BCUT2D eigenvalue weighted by molar-refractivity contribution is -0.119. The molecule has 0 aromatic heterocycles. The zero-order chi connectivity index (χ0) is 9.52. The molecule has 2 heteroatoms. The van der Waals surface area contributed by atoms with Crippen molar-refractivity contribution in [2.24, 2.45) is 0 Å². The second-order valence-electron chi connectivity index (χ2n) is 3.89. The Labute approximate surface area is 81.3 Å². The van der Waals surface area contributed by atoms with E-state index in [0.29, 0.717) is 5.78 Å². The molecular formula is C11H21NO. The first-order valence-corrected chi connectivity index (χ1v) is 5.57. The molecule has 0 N–H and O–H groups in total. The summed E-state index contributed by atoms with van der Waals surface area (Å²) in [4.78, 5) is 13.7. The molecule has 0 atom stereocenters. The Hall–Kier alpha value is -0.370. The van der Waals surface area contributed by atoms with E-state index in [0.717, 1.165) is 32.2 Å². The summed E-state index contributed by atoms with van der Waals surface area (Å²) in [6, 6.07) is 0. The maximum atomic E-state index is 11.2. The zero-order valence-electron chi connectivity index (χ0n) is 8.72. The van der Waals surface area contributed by atoms with Crippen LogP contribution in [0, 0.1) is 0 Å². The van der Waals surface area contributed by atoms with Gasteiger partial charge in [-0.1, -0.05) is 6.92 Å². The average molecular weight is 183 g/mol. The molecule has 1 fully saturated rings. The van der Waals surface area contributed by atoms with E-state index >= 15 is 0 Å². The normalized spacial score (nSPS) is 23.0. The van der Waals surface area contributed by atoms with Crippen molar-refractivity contribution in [2.75, 3.05) is 19.6 Å². The Morgan fingerprint density at radius 2 is 1.62 bits per heavy atom. The van der Waals surface area contributed by atoms with Gasteiger partial charge in [0, 0.05) is 12.8 Å². The highest BCUT2D eigenvalue weighted by Gasteiger charge is 2.07. The van der Waals surface area contributed by atoms with Gasteiger partial charge in [-0.05, 0) is 45.3 Å². The average Bonchev–Trinajstić information content (AvgIpc) is 2.16. The van der Waals surface area contributed by atoms with E-state index < -0.39 is 0 Å². The van der Waals surface area contributed by atoms with Crippen LogP contribution in [0.4, 0.5) is 0 Å². The Kier molecular flexibility index (Phi) is 5.06. The highest BCUT2D eigenvalue weighted by molar-refractivity contribution is 5.78. The molecule has 1 rings (SSSR count). The van der Waals surface area contributed by atoms with Crippen molar-refractivity contribution >= 4 is 5.78 Å². The van der Waals surface area contributed by atoms with Crippen LogP contribution in [0.5, 0.6) is 0 Å². The number of rotatable bonds is 1. The van der Waals surface area contributed by atoms with E-state index in [1.807, 2.05) is 0 Å². The summed E-state index contributed by atoms with van der Waals surface area (Å²) in [7, 11) is 0. The van der Waals surface area contributed by atoms with Gasteiger partial charge in [-0.25, -0.2) is 0 Å². The molecule has 2 nitrogen and oxygen atoms in total. The molecule has 1 aliphatic rings. The van der Waals surface area contributed by atoms with Gasteiger partial charge in [0.25, 0.3) is 0 Å². The molecule has 0 aliphatic carbocycles. The molecule has 13 heavy (non-hydrogen) atoms. The van der Waals surface area contributed by atoms with Crippen molar-refractivity contribution in [1.29, 1.82) is 0 Å². The van der Waals surface area contributed by atoms with Gasteiger partial charge in [-0.3, -0.25) is 4.79 Å². The highest BCUT2D eigenvalue weighted by Crippen LogP contribution is 2.08. The Morgan fingerprint density at radius 3 is 2.08 bits per heavy atom. The Balaban J connectivity index is 2.28. The topological polar surface area (TPSA) is 20.3 Å². The molecule has 0 unspecified atom stereocenters. The summed E-state index contributed by atoms with van der Waals surface area (Å²) in [6.07, 6.45) is 6.21. The summed E-state index contributed by atoms with van der Waals surface area (Å²) in [5.41, 5.74) is 0. The second-order valence-corrected chi connectivity index (χ2v) is 3.89. The van der Waals surface area contributed by atoms with Crippen LogP contribution in [-0.2, 0) is 4.79 Å². The molecule has 1 heterocycles. The van der Waals surface area contributed by atoms with Crippen molar-refractivity contribution in [3.05, 3.63) is 0 Å². The number of ketones is 1. The molecule has 0 radical (unpaired) electrons. The summed E-state index contributed by atoms with van der Waals surface area (Å²) >= 11 is 0. The molecule has 0 aromatic rings. The van der Waals surface area contributed by atoms with E-state index in [1.165, 1.54) is 25.9 Å². The molecule has 1 saturated heterocycles. The smallest absolute Gasteiger partial charge is 0.132 e. The lowest BCUT2D eigenvalue weighted by atomic mass is 10.1. The van der Waals surface area contributed by atoms with E-state index in [-0.39, 0.29) is 0 Å². The molecule has 76 valence electrons. The minimum atomic E-state index is 0.477. The summed E-state index contributed by atoms with van der Waals surface area (Å²) in [5.74, 6) is 0.477. The minimum absolute atomic E-state index is 0.477. The second kappa shape index (κ2) is 6.14. The van der Waals surface area contributed by atoms with Gasteiger partial charge in [0.1, 0.15) is 5.78 Å². The van der Waals surface area contributed by atoms with E-state index in [1.54, 1.807) is 0 Å². The maximum absolute atomic E-state index is 11.2. The molecule has 0 spiro atoms. The molecule has 1 aliphatic heterocycles. The third kappa shape index (κ3) is 4.41. The quantitative estimate of drug-likeness (QED) is 0.621. The molecular weight excluding hydrogens is 162 g/mol. The Bertz CT molecular complexity index is 142. The van der Waals surface area contributed by atoms with Gasteiger partial charge in [0.2, 0.25) is 0 Å². The monoisotopic (exact) mass is 183 g/mol. The highest BCUT2D eigenvalue weighted by atomic mass is 16.1. The largest absolute Gasteiger partial charge is 0.304 e. The van der Waals surface area contributed by atoms with E-state index in [2.05, 4.69) is 11.8 Å². The number of carbonyl (C=O) groups is 1. The fraction of sp³-hybridized carbons (Fsp3) is 0.909. The fourth-order valence-electron chi connectivity index (χ4n) is 1.87. The summed E-state index contributed by atoms with van der Waals surface area (Å²) in [5, 5.41) is 0.